The number of nitrogens with zero attached hydrogens (tertiary/aromatic N) is 1. The van der Waals surface area contributed by atoms with Gasteiger partial charge in [0.1, 0.15) is 41.7 Å². The highest BCUT2D eigenvalue weighted by Crippen LogP contribution is 2.38. The first-order valence-electron chi connectivity index (χ1n) is 26.4. The smallest absolute Gasteiger partial charge is 0.329 e. The van der Waals surface area contributed by atoms with Crippen molar-refractivity contribution in [2.75, 3.05) is 41.1 Å². The Hall–Kier alpha value is -3.94. The summed E-state index contributed by atoms with van der Waals surface area (Å²) >= 11 is 0. The van der Waals surface area contributed by atoms with Crippen LogP contribution in [0.15, 0.2) is 47.6 Å². The van der Waals surface area contributed by atoms with Gasteiger partial charge in [-0.05, 0) is 114 Å². The monoisotopic (exact) mass is 1030 g/mol. The van der Waals surface area contributed by atoms with E-state index in [4.69, 9.17) is 28.4 Å². The second-order valence-corrected chi connectivity index (χ2v) is 21.8. The van der Waals surface area contributed by atoms with Crippen LogP contribution in [0.25, 0.3) is 0 Å². The van der Waals surface area contributed by atoms with Crippen molar-refractivity contribution < 1.29 is 77.6 Å². The highest BCUT2D eigenvalue weighted by Gasteiger charge is 2.53. The minimum atomic E-state index is -2.47. The fourth-order valence-electron chi connectivity index (χ4n) is 10.7. The molecule has 73 heavy (non-hydrogen) atoms. The molecule has 0 radical (unpaired) electrons. The molecule has 4 rings (SSSR count). The van der Waals surface area contributed by atoms with Gasteiger partial charge in [0.2, 0.25) is 5.79 Å². The maximum atomic E-state index is 14.5. The molecule has 0 spiro atoms. The van der Waals surface area contributed by atoms with Crippen LogP contribution in [0.5, 0.6) is 0 Å². The van der Waals surface area contributed by atoms with Gasteiger partial charge in [0.05, 0.1) is 31.5 Å². The summed E-state index contributed by atoms with van der Waals surface area (Å²) in [5.74, 6) is -9.36. The van der Waals surface area contributed by atoms with Gasteiger partial charge in [0.15, 0.2) is 5.78 Å². The van der Waals surface area contributed by atoms with Crippen molar-refractivity contribution in [2.45, 2.75) is 187 Å². The maximum absolute atomic E-state index is 14.5. The molecule has 1 aliphatic carbocycles. The number of carbonyl (C=O) groups is 6. The molecule has 15 atom stereocenters. The predicted octanol–water partition coefficient (Wildman–Crippen LogP) is 5.72. The number of allylic oxidation sites excluding steroid dienone is 6. The molecule has 17 nitrogen and oxygen atoms in total. The van der Waals surface area contributed by atoms with E-state index in [9.17, 15) is 49.2 Å². The summed E-state index contributed by atoms with van der Waals surface area (Å²) in [6.07, 6.45) is 9.76. The van der Waals surface area contributed by atoms with E-state index in [1.165, 1.54) is 21.1 Å². The van der Waals surface area contributed by atoms with E-state index in [0.29, 0.717) is 69.8 Å². The van der Waals surface area contributed by atoms with Crippen LogP contribution in [0.3, 0.4) is 0 Å². The number of rotatable bonds is 10. The average molecular weight is 1030 g/mol. The van der Waals surface area contributed by atoms with Crippen LogP contribution >= 0.6 is 0 Å². The Morgan fingerprint density at radius 3 is 2.21 bits per heavy atom. The fourth-order valence-corrected chi connectivity index (χ4v) is 10.7. The fraction of sp³-hybridized carbons (Fsp3) is 0.750. The van der Waals surface area contributed by atoms with E-state index in [1.807, 2.05) is 51.2 Å². The highest BCUT2D eigenvalue weighted by molar-refractivity contribution is 6.39. The zero-order valence-corrected chi connectivity index (χ0v) is 45.3. The topological polar surface area (TPSA) is 242 Å². The number of ether oxygens (including phenoxy) is 6. The number of esters is 2. The first-order chi connectivity index (χ1) is 34.5. The van der Waals surface area contributed by atoms with Crippen molar-refractivity contribution in [3.63, 3.8) is 0 Å². The van der Waals surface area contributed by atoms with E-state index in [-0.39, 0.29) is 42.8 Å². The number of cyclic esters (lactones) is 1. The molecule has 0 aromatic carbocycles. The minimum Gasteiger partial charge on any atom is -0.460 e. The van der Waals surface area contributed by atoms with E-state index in [1.54, 1.807) is 40.9 Å². The molecule has 4 N–H and O–H groups in total. The molecule has 0 aromatic rings. The van der Waals surface area contributed by atoms with Gasteiger partial charge >= 0.3 is 11.9 Å². The largest absolute Gasteiger partial charge is 0.460 e. The van der Waals surface area contributed by atoms with Crippen LogP contribution in [-0.2, 0) is 57.2 Å². The first kappa shape index (κ1) is 61.6. The second-order valence-electron chi connectivity index (χ2n) is 21.8. The van der Waals surface area contributed by atoms with Crippen molar-refractivity contribution in [3.8, 4) is 0 Å². The summed E-state index contributed by atoms with van der Waals surface area (Å²) in [7, 11) is 4.43. The van der Waals surface area contributed by atoms with Gasteiger partial charge in [-0.15, -0.1) is 0 Å². The zero-order valence-electron chi connectivity index (χ0n) is 45.3. The lowest BCUT2D eigenvalue weighted by molar-refractivity contribution is -0.265. The normalized spacial score (nSPS) is 37.4. The third-order valence-electron chi connectivity index (χ3n) is 15.9. The van der Waals surface area contributed by atoms with Gasteiger partial charge in [-0.2, -0.15) is 0 Å². The molecule has 1 amide bonds. The number of piperidine rings is 1. The molecule has 17 heteroatoms. The first-order valence-corrected chi connectivity index (χ1v) is 26.4. The molecule has 15 unspecified atom stereocenters. The van der Waals surface area contributed by atoms with E-state index in [2.05, 4.69) is 0 Å². The number of fused-ring (bicyclic) bond motifs is 3. The number of aliphatic hydroxyl groups excluding tert-OH is 3. The van der Waals surface area contributed by atoms with E-state index < -0.39 is 120 Å². The summed E-state index contributed by atoms with van der Waals surface area (Å²) < 4.78 is 35.4. The number of amides is 1. The van der Waals surface area contributed by atoms with Gasteiger partial charge < -0.3 is 53.7 Å². The number of hydrogen-bond acceptors (Lipinski definition) is 16. The molecule has 0 aromatic heterocycles. The molecule has 3 aliphatic heterocycles. The van der Waals surface area contributed by atoms with Crippen LogP contribution in [0.4, 0.5) is 0 Å². The summed E-state index contributed by atoms with van der Waals surface area (Å²) in [6.45, 7) is 12.7. The number of Topliss-reactive ketones (excluding diaryl/α,β-unsaturated/α-hetero) is 3. The van der Waals surface area contributed by atoms with Crippen molar-refractivity contribution in [1.29, 1.82) is 0 Å². The van der Waals surface area contributed by atoms with Crippen molar-refractivity contribution >= 4 is 35.2 Å². The summed E-state index contributed by atoms with van der Waals surface area (Å²) in [5.41, 5.74) is -0.277. The Kier molecular flexibility index (Phi) is 23.9. The Morgan fingerprint density at radius 1 is 0.863 bits per heavy atom. The molecule has 4 aliphatic rings. The Morgan fingerprint density at radius 2 is 1.56 bits per heavy atom. The number of ketones is 3. The average Bonchev–Trinajstić information content (AvgIpc) is 3.37. The van der Waals surface area contributed by atoms with Crippen molar-refractivity contribution in [1.82, 2.24) is 4.90 Å². The number of methoxy groups -OCH3 is 3. The Labute approximate surface area is 433 Å². The van der Waals surface area contributed by atoms with Gasteiger partial charge in [0, 0.05) is 58.5 Å². The number of hydrogen-bond donors (Lipinski definition) is 4. The van der Waals surface area contributed by atoms with Crippen LogP contribution in [-0.4, -0.2) is 156 Å². The van der Waals surface area contributed by atoms with Crippen LogP contribution in [0.2, 0.25) is 0 Å². The molecule has 3 fully saturated rings. The number of carbonyl (C=O) groups excluding carboxylic acids is 6. The van der Waals surface area contributed by atoms with E-state index in [0.717, 1.165) is 10.5 Å². The molecule has 3 heterocycles. The van der Waals surface area contributed by atoms with Crippen LogP contribution in [0.1, 0.15) is 132 Å². The summed E-state index contributed by atoms with van der Waals surface area (Å²) in [4.78, 5) is 85.4. The molecular weight excluding hydrogens is 943 g/mol. The quantitative estimate of drug-likeness (QED) is 0.116. The predicted molar refractivity (Wildman–Crippen MR) is 271 cm³/mol. The third kappa shape index (κ3) is 16.0. The van der Waals surface area contributed by atoms with E-state index >= 15 is 0 Å². The van der Waals surface area contributed by atoms with Gasteiger partial charge in [-0.3, -0.25) is 24.0 Å². The SMILES string of the molecule is COC1CC2CCC(C)C(O)(O2)C(=O)C(=O)N2CCCCC2C(=O)OC(C(C)CC2CCC(OC(=O)C(C)(CO)CO)C(OC)C2)CC(=O)C(C)/C=C(\C)C(O)C(OC)C(=O)C(C)CC(C)\C=C/C=C/C=C/1C. The molecular formula is C56H87NO16. The molecule has 1 saturated carbocycles. The highest BCUT2D eigenvalue weighted by atomic mass is 16.6. The Balaban J connectivity index is 1.69. The van der Waals surface area contributed by atoms with Crippen molar-refractivity contribution in [3.05, 3.63) is 47.6 Å². The van der Waals surface area contributed by atoms with Gasteiger partial charge in [-0.25, -0.2) is 4.79 Å². The van der Waals surface area contributed by atoms with Gasteiger partial charge in [0.25, 0.3) is 11.7 Å². The second kappa shape index (κ2) is 28.3. The van der Waals surface area contributed by atoms with Crippen LogP contribution < -0.4 is 0 Å². The lowest BCUT2D eigenvalue weighted by Gasteiger charge is -2.42. The molecule has 2 saturated heterocycles. The van der Waals surface area contributed by atoms with Crippen LogP contribution in [0, 0.1) is 40.9 Å². The standard InChI is InChI=1S/C56H87NO16/c1-33-17-13-12-14-18-34(2)45(68-9)29-41-22-20-39(7)56(67,73-41)51(63)52(64)57-24-16-15-19-42(57)53(65)71-46(30-43(60)35(3)26-38(6)49(62)50(70-11)48(61)37(5)25-33)36(4)27-40-21-23-44(47(28-40)69-10)72-54(66)55(8,31-58)32-59/h12-14,17-18,26,33,35-37,39-42,44-47,49-50,58-59,62,67H,15-16,19-25,27-32H2,1-11H3/b14-12+,17-13-,34-18+,38-26+. The van der Waals surface area contributed by atoms with Gasteiger partial charge in [-0.1, -0.05) is 71.1 Å². The molecule has 412 valence electrons. The third-order valence-corrected chi connectivity index (χ3v) is 15.9. The lowest BCUT2D eigenvalue weighted by Crippen LogP contribution is -2.61. The zero-order chi connectivity index (χ0) is 54.4. The lowest BCUT2D eigenvalue weighted by atomic mass is 9.78. The maximum Gasteiger partial charge on any atom is 0.329 e. The Bertz CT molecular complexity index is 2010. The van der Waals surface area contributed by atoms with Crippen molar-refractivity contribution in [2.24, 2.45) is 40.9 Å². The summed E-state index contributed by atoms with van der Waals surface area (Å²) in [5, 5.41) is 43.1. The summed E-state index contributed by atoms with van der Waals surface area (Å²) in [6, 6.07) is -1.20. The minimum absolute atomic E-state index is 0.00697. The number of aliphatic hydroxyl groups is 4. The molecule has 2 bridgehead atoms.